The van der Waals surface area contributed by atoms with Crippen LogP contribution in [0.5, 0.6) is 0 Å². The van der Waals surface area contributed by atoms with Gasteiger partial charge in [0.05, 0.1) is 13.5 Å². The fourth-order valence-corrected chi connectivity index (χ4v) is 2.88. The van der Waals surface area contributed by atoms with E-state index in [9.17, 15) is 4.79 Å². The molecule has 1 aromatic rings. The van der Waals surface area contributed by atoms with Crippen molar-refractivity contribution in [2.45, 2.75) is 32.4 Å². The molecule has 0 aromatic heterocycles. The number of esters is 1. The van der Waals surface area contributed by atoms with Crippen molar-refractivity contribution in [2.24, 2.45) is 5.92 Å². The lowest BCUT2D eigenvalue weighted by Gasteiger charge is -2.09. The Hall–Kier alpha value is -0.960. The number of ether oxygens (including phenoxy) is 1. The highest BCUT2D eigenvalue weighted by molar-refractivity contribution is 7.98. The van der Waals surface area contributed by atoms with Crippen LogP contribution in [0.15, 0.2) is 24.3 Å². The Morgan fingerprint density at radius 1 is 1.28 bits per heavy atom. The molecule has 0 heterocycles. The van der Waals surface area contributed by atoms with Crippen LogP contribution in [0.4, 0.5) is 0 Å². The molecule has 1 rings (SSSR count). The van der Waals surface area contributed by atoms with E-state index in [2.05, 4.69) is 19.9 Å². The second-order valence-electron chi connectivity index (χ2n) is 4.76. The monoisotopic (exact) mass is 266 g/mol. The molecule has 0 fully saturated rings. The first kappa shape index (κ1) is 15.1. The van der Waals surface area contributed by atoms with E-state index in [1.807, 2.05) is 30.0 Å². The molecule has 0 aliphatic heterocycles. The number of rotatable bonds is 7. The van der Waals surface area contributed by atoms with Gasteiger partial charge in [-0.3, -0.25) is 4.79 Å². The molecular weight excluding hydrogens is 244 g/mol. The zero-order valence-corrected chi connectivity index (χ0v) is 12.3. The second kappa shape index (κ2) is 8.20. The summed E-state index contributed by atoms with van der Waals surface area (Å²) in [6, 6.07) is 8.11. The van der Waals surface area contributed by atoms with Gasteiger partial charge in [0.25, 0.3) is 0 Å². The molecule has 0 radical (unpaired) electrons. The van der Waals surface area contributed by atoms with Gasteiger partial charge in [0, 0.05) is 5.75 Å². The summed E-state index contributed by atoms with van der Waals surface area (Å²) in [6.07, 6.45) is 1.61. The van der Waals surface area contributed by atoms with E-state index in [4.69, 9.17) is 4.74 Å². The average Bonchev–Trinajstić information content (AvgIpc) is 2.36. The first-order valence-corrected chi connectivity index (χ1v) is 7.50. The molecule has 0 saturated carbocycles. The molecule has 0 atom stereocenters. The highest BCUT2D eigenvalue weighted by atomic mass is 32.2. The molecule has 0 unspecified atom stereocenters. The Labute approximate surface area is 114 Å². The maximum atomic E-state index is 11.3. The normalized spacial score (nSPS) is 10.7. The predicted molar refractivity (Wildman–Crippen MR) is 77.8 cm³/mol. The van der Waals surface area contributed by atoms with Crippen molar-refractivity contribution in [3.05, 3.63) is 35.4 Å². The third kappa shape index (κ3) is 5.58. The number of carbonyl (C=O) groups excluding carboxylic acids is 1. The van der Waals surface area contributed by atoms with Crippen LogP contribution in [0.2, 0.25) is 0 Å². The molecule has 1 aromatic carbocycles. The van der Waals surface area contributed by atoms with E-state index in [0.29, 0.717) is 6.42 Å². The summed E-state index contributed by atoms with van der Waals surface area (Å²) in [5.74, 6) is 2.72. The van der Waals surface area contributed by atoms with Gasteiger partial charge in [-0.25, -0.2) is 0 Å². The number of thioether (sulfide) groups is 1. The van der Waals surface area contributed by atoms with E-state index >= 15 is 0 Å². The number of hydrogen-bond donors (Lipinski definition) is 0. The lowest BCUT2D eigenvalue weighted by molar-refractivity contribution is -0.139. The fourth-order valence-electron chi connectivity index (χ4n) is 1.60. The maximum absolute atomic E-state index is 11.3. The van der Waals surface area contributed by atoms with Crippen LogP contribution in [0.1, 0.15) is 31.4 Å². The first-order valence-electron chi connectivity index (χ1n) is 6.34. The summed E-state index contributed by atoms with van der Waals surface area (Å²) in [7, 11) is 1.43. The predicted octanol–water partition coefficient (Wildman–Crippen LogP) is 3.68. The van der Waals surface area contributed by atoms with Gasteiger partial charge in [-0.15, -0.1) is 0 Å². The number of methoxy groups -OCH3 is 1. The fraction of sp³-hybridized carbons (Fsp3) is 0.533. The average molecular weight is 266 g/mol. The largest absolute Gasteiger partial charge is 0.469 e. The van der Waals surface area contributed by atoms with Crippen LogP contribution in [-0.4, -0.2) is 18.8 Å². The van der Waals surface area contributed by atoms with Crippen LogP contribution in [0, 0.1) is 5.92 Å². The molecule has 0 aliphatic carbocycles. The van der Waals surface area contributed by atoms with Gasteiger partial charge in [-0.05, 0) is 29.2 Å². The summed E-state index contributed by atoms with van der Waals surface area (Å²) in [6.45, 7) is 4.48. The van der Waals surface area contributed by atoms with Crippen molar-refractivity contribution in [1.82, 2.24) is 0 Å². The first-order chi connectivity index (χ1) is 8.63. The molecule has 2 nitrogen and oxygen atoms in total. The van der Waals surface area contributed by atoms with Crippen LogP contribution >= 0.6 is 11.8 Å². The Balaban J connectivity index is 2.51. The molecule has 0 N–H and O–H groups in total. The van der Waals surface area contributed by atoms with E-state index in [1.54, 1.807) is 0 Å². The highest BCUT2D eigenvalue weighted by Crippen LogP contribution is 2.19. The minimum Gasteiger partial charge on any atom is -0.469 e. The highest BCUT2D eigenvalue weighted by Gasteiger charge is 2.07. The molecule has 3 heteroatoms. The zero-order chi connectivity index (χ0) is 13.4. The zero-order valence-electron chi connectivity index (χ0n) is 11.4. The van der Waals surface area contributed by atoms with Gasteiger partial charge in [0.1, 0.15) is 0 Å². The van der Waals surface area contributed by atoms with E-state index < -0.39 is 0 Å². The summed E-state index contributed by atoms with van der Waals surface area (Å²) in [5.41, 5.74) is 2.33. The molecule has 100 valence electrons. The smallest absolute Gasteiger partial charge is 0.309 e. The van der Waals surface area contributed by atoms with Crippen LogP contribution in [-0.2, 0) is 21.7 Å². The molecule has 0 spiro atoms. The Bertz CT molecular complexity index is 375. The van der Waals surface area contributed by atoms with Gasteiger partial charge in [-0.2, -0.15) is 11.8 Å². The topological polar surface area (TPSA) is 26.3 Å². The minimum atomic E-state index is -0.172. The minimum absolute atomic E-state index is 0.172. The Kier molecular flexibility index (Phi) is 6.88. The van der Waals surface area contributed by atoms with E-state index in [1.165, 1.54) is 24.8 Å². The van der Waals surface area contributed by atoms with Gasteiger partial charge < -0.3 is 4.74 Å². The van der Waals surface area contributed by atoms with Crippen LogP contribution < -0.4 is 0 Å². The third-order valence-corrected chi connectivity index (χ3v) is 3.82. The number of carbonyl (C=O) groups is 1. The van der Waals surface area contributed by atoms with Crippen molar-refractivity contribution >= 4 is 17.7 Å². The molecule has 18 heavy (non-hydrogen) atoms. The van der Waals surface area contributed by atoms with Crippen molar-refractivity contribution < 1.29 is 9.53 Å². The van der Waals surface area contributed by atoms with E-state index in [-0.39, 0.29) is 5.97 Å². The standard InChI is InChI=1S/C15H22O2S/c1-12(2)8-9-18-11-14-7-5-4-6-13(14)10-15(16)17-3/h4-7,12H,8-11H2,1-3H3. The molecular formula is C15H22O2S. The van der Waals surface area contributed by atoms with Crippen LogP contribution in [0.3, 0.4) is 0 Å². The van der Waals surface area contributed by atoms with Crippen LogP contribution in [0.25, 0.3) is 0 Å². The molecule has 0 bridgehead atoms. The molecule has 0 aliphatic rings. The Morgan fingerprint density at radius 2 is 1.94 bits per heavy atom. The van der Waals surface area contributed by atoms with Gasteiger partial charge in [0.15, 0.2) is 0 Å². The lowest BCUT2D eigenvalue weighted by atomic mass is 10.1. The lowest BCUT2D eigenvalue weighted by Crippen LogP contribution is -2.06. The second-order valence-corrected chi connectivity index (χ2v) is 5.86. The third-order valence-electron chi connectivity index (χ3n) is 2.78. The summed E-state index contributed by atoms with van der Waals surface area (Å²) in [4.78, 5) is 11.3. The van der Waals surface area contributed by atoms with Crippen molar-refractivity contribution in [2.75, 3.05) is 12.9 Å². The molecule has 0 amide bonds. The number of hydrogen-bond acceptors (Lipinski definition) is 3. The van der Waals surface area contributed by atoms with Gasteiger partial charge in [-0.1, -0.05) is 38.1 Å². The quantitative estimate of drug-likeness (QED) is 0.556. The summed E-state index contributed by atoms with van der Waals surface area (Å²) in [5, 5.41) is 0. The van der Waals surface area contributed by atoms with Crippen molar-refractivity contribution in [3.8, 4) is 0 Å². The van der Waals surface area contributed by atoms with E-state index in [0.717, 1.165) is 17.2 Å². The Morgan fingerprint density at radius 3 is 2.56 bits per heavy atom. The SMILES string of the molecule is COC(=O)Cc1ccccc1CSCCC(C)C. The maximum Gasteiger partial charge on any atom is 0.309 e. The summed E-state index contributed by atoms with van der Waals surface area (Å²) >= 11 is 1.93. The summed E-state index contributed by atoms with van der Waals surface area (Å²) < 4.78 is 4.72. The van der Waals surface area contributed by atoms with Gasteiger partial charge in [0.2, 0.25) is 0 Å². The molecule has 0 saturated heterocycles. The van der Waals surface area contributed by atoms with Crippen molar-refractivity contribution in [3.63, 3.8) is 0 Å². The van der Waals surface area contributed by atoms with Gasteiger partial charge >= 0.3 is 5.97 Å². The number of benzene rings is 1. The van der Waals surface area contributed by atoms with Crippen molar-refractivity contribution in [1.29, 1.82) is 0 Å².